The van der Waals surface area contributed by atoms with Crippen molar-refractivity contribution < 1.29 is 9.90 Å². The van der Waals surface area contributed by atoms with Crippen LogP contribution in [0.1, 0.15) is 37.0 Å². The van der Waals surface area contributed by atoms with E-state index in [4.69, 9.17) is 0 Å². The van der Waals surface area contributed by atoms with Crippen LogP contribution in [0.2, 0.25) is 0 Å². The van der Waals surface area contributed by atoms with Gasteiger partial charge >= 0.3 is 5.97 Å². The zero-order valence-electron chi connectivity index (χ0n) is 11.1. The number of carboxylic acid groups (broad SMARTS) is 1. The van der Waals surface area contributed by atoms with Gasteiger partial charge in [0.2, 0.25) is 0 Å². The molecule has 1 aliphatic carbocycles. The van der Waals surface area contributed by atoms with Gasteiger partial charge in [0.1, 0.15) is 6.04 Å². The van der Waals surface area contributed by atoms with Gasteiger partial charge in [0, 0.05) is 17.5 Å². The fourth-order valence-corrected chi connectivity index (χ4v) is 4.51. The summed E-state index contributed by atoms with van der Waals surface area (Å²) in [5.41, 5.74) is 0. The molecule has 1 aliphatic heterocycles. The van der Waals surface area contributed by atoms with E-state index < -0.39 is 5.97 Å². The van der Waals surface area contributed by atoms with Crippen LogP contribution in [0, 0.1) is 5.92 Å². The van der Waals surface area contributed by atoms with E-state index >= 15 is 0 Å². The van der Waals surface area contributed by atoms with E-state index in [2.05, 4.69) is 22.4 Å². The van der Waals surface area contributed by atoms with Crippen LogP contribution in [-0.4, -0.2) is 34.6 Å². The Bertz CT molecular complexity index is 431. The predicted octanol–water partition coefficient (Wildman–Crippen LogP) is 3.01. The molecule has 3 atom stereocenters. The van der Waals surface area contributed by atoms with Gasteiger partial charge < -0.3 is 5.11 Å². The predicted molar refractivity (Wildman–Crippen MR) is 76.5 cm³/mol. The van der Waals surface area contributed by atoms with Gasteiger partial charge in [0.05, 0.1) is 0 Å². The average molecular weight is 279 g/mol. The summed E-state index contributed by atoms with van der Waals surface area (Å²) in [5.74, 6) is -0.00114. The zero-order chi connectivity index (χ0) is 13.2. The maximum atomic E-state index is 11.5. The second-order valence-electron chi connectivity index (χ2n) is 5.77. The van der Waals surface area contributed by atoms with Crippen LogP contribution < -0.4 is 0 Å². The van der Waals surface area contributed by atoms with Crippen molar-refractivity contribution in [1.29, 1.82) is 0 Å². The van der Waals surface area contributed by atoms with Gasteiger partial charge in [-0.25, -0.2) is 0 Å². The summed E-state index contributed by atoms with van der Waals surface area (Å²) in [6.07, 6.45) is 6.83. The highest BCUT2D eigenvalue weighted by Crippen LogP contribution is 2.39. The highest BCUT2D eigenvalue weighted by molar-refractivity contribution is 7.09. The van der Waals surface area contributed by atoms with Crippen molar-refractivity contribution in [3.8, 4) is 0 Å². The average Bonchev–Trinajstić information content (AvgIpc) is 3.03. The van der Waals surface area contributed by atoms with Crippen LogP contribution in [-0.2, 0) is 11.2 Å². The Hall–Kier alpha value is -0.870. The molecule has 1 aromatic rings. The molecule has 0 aromatic carbocycles. The summed E-state index contributed by atoms with van der Waals surface area (Å²) in [4.78, 5) is 15.1. The number of hydrogen-bond donors (Lipinski definition) is 1. The van der Waals surface area contributed by atoms with Crippen molar-refractivity contribution in [1.82, 2.24) is 4.90 Å². The van der Waals surface area contributed by atoms with Crippen LogP contribution in [0.25, 0.3) is 0 Å². The molecule has 19 heavy (non-hydrogen) atoms. The Labute approximate surface area is 118 Å². The summed E-state index contributed by atoms with van der Waals surface area (Å²) >= 11 is 1.77. The molecule has 4 heteroatoms. The number of fused-ring (bicyclic) bond motifs is 1. The molecular weight excluding hydrogens is 258 g/mol. The largest absolute Gasteiger partial charge is 0.480 e. The first-order valence-corrected chi connectivity index (χ1v) is 8.14. The molecule has 0 spiro atoms. The number of likely N-dealkylation sites (tertiary alicyclic amines) is 1. The topological polar surface area (TPSA) is 40.5 Å². The SMILES string of the molecule is O=C(O)[C@@H]1C[C@H]2CCCC[C@@H]2N1CCc1cccs1. The Kier molecular flexibility index (Phi) is 3.89. The minimum atomic E-state index is -0.624. The Morgan fingerprint density at radius 3 is 3.00 bits per heavy atom. The van der Waals surface area contributed by atoms with Crippen molar-refractivity contribution in [2.24, 2.45) is 5.92 Å². The molecule has 3 nitrogen and oxygen atoms in total. The number of aliphatic carboxylic acids is 1. The minimum Gasteiger partial charge on any atom is -0.480 e. The number of carbonyl (C=O) groups is 1. The van der Waals surface area contributed by atoms with Gasteiger partial charge in [0.25, 0.3) is 0 Å². The van der Waals surface area contributed by atoms with Gasteiger partial charge in [-0.05, 0) is 43.0 Å². The maximum absolute atomic E-state index is 11.5. The molecule has 1 saturated carbocycles. The molecule has 0 unspecified atom stereocenters. The second kappa shape index (κ2) is 5.63. The molecule has 0 radical (unpaired) electrons. The van der Waals surface area contributed by atoms with E-state index in [9.17, 15) is 9.90 Å². The smallest absolute Gasteiger partial charge is 0.320 e. The molecule has 3 rings (SSSR count). The standard InChI is InChI=1S/C15H21NO2S/c17-15(18)14-10-11-4-1-2-6-13(11)16(14)8-7-12-5-3-9-19-12/h3,5,9,11,13-14H,1-2,4,6-8,10H2,(H,17,18)/t11-,13+,14+/m1/s1. The maximum Gasteiger partial charge on any atom is 0.320 e. The van der Waals surface area contributed by atoms with Gasteiger partial charge in [-0.15, -0.1) is 11.3 Å². The number of rotatable bonds is 4. The second-order valence-corrected chi connectivity index (χ2v) is 6.80. The van der Waals surface area contributed by atoms with Crippen LogP contribution in [0.4, 0.5) is 0 Å². The fraction of sp³-hybridized carbons (Fsp3) is 0.667. The molecule has 2 heterocycles. The molecule has 1 N–H and O–H groups in total. The molecular formula is C15H21NO2S. The first-order valence-electron chi connectivity index (χ1n) is 7.26. The highest BCUT2D eigenvalue weighted by atomic mass is 32.1. The summed E-state index contributed by atoms with van der Waals surface area (Å²) in [6.45, 7) is 0.901. The highest BCUT2D eigenvalue weighted by Gasteiger charge is 2.44. The van der Waals surface area contributed by atoms with Crippen molar-refractivity contribution in [2.45, 2.75) is 50.6 Å². The summed E-state index contributed by atoms with van der Waals surface area (Å²) in [6, 6.07) is 4.50. The normalized spacial score (nSPS) is 31.3. The van der Waals surface area contributed by atoms with Crippen LogP contribution >= 0.6 is 11.3 Å². The lowest BCUT2D eigenvalue weighted by molar-refractivity contribution is -0.142. The van der Waals surface area contributed by atoms with E-state index in [0.717, 1.165) is 19.4 Å². The summed E-state index contributed by atoms with van der Waals surface area (Å²) in [5, 5.41) is 11.5. The van der Waals surface area contributed by atoms with Crippen LogP contribution in [0.5, 0.6) is 0 Å². The van der Waals surface area contributed by atoms with Crippen LogP contribution in [0.15, 0.2) is 17.5 Å². The Morgan fingerprint density at radius 1 is 1.42 bits per heavy atom. The lowest BCUT2D eigenvalue weighted by Gasteiger charge is -2.32. The van der Waals surface area contributed by atoms with Crippen molar-refractivity contribution in [3.63, 3.8) is 0 Å². The third kappa shape index (κ3) is 2.70. The first kappa shape index (κ1) is 13.1. The van der Waals surface area contributed by atoms with E-state index in [1.54, 1.807) is 11.3 Å². The zero-order valence-corrected chi connectivity index (χ0v) is 11.9. The first-order chi connectivity index (χ1) is 9.25. The molecule has 0 amide bonds. The van der Waals surface area contributed by atoms with Gasteiger partial charge in [0.15, 0.2) is 0 Å². The quantitative estimate of drug-likeness (QED) is 0.921. The van der Waals surface area contributed by atoms with Crippen molar-refractivity contribution >= 4 is 17.3 Å². The van der Waals surface area contributed by atoms with Gasteiger partial charge in [-0.1, -0.05) is 18.9 Å². The molecule has 2 fully saturated rings. The summed E-state index contributed by atoms with van der Waals surface area (Å²) in [7, 11) is 0. The monoisotopic (exact) mass is 279 g/mol. The molecule has 1 saturated heterocycles. The van der Waals surface area contributed by atoms with E-state index in [1.807, 2.05) is 0 Å². The van der Waals surface area contributed by atoms with Crippen molar-refractivity contribution in [2.75, 3.05) is 6.54 Å². The van der Waals surface area contributed by atoms with Crippen LogP contribution in [0.3, 0.4) is 0 Å². The Morgan fingerprint density at radius 2 is 2.26 bits per heavy atom. The van der Waals surface area contributed by atoms with Gasteiger partial charge in [-0.3, -0.25) is 9.69 Å². The molecule has 1 aromatic heterocycles. The number of nitrogens with zero attached hydrogens (tertiary/aromatic N) is 1. The molecule has 2 aliphatic rings. The third-order valence-electron chi connectivity index (χ3n) is 4.70. The minimum absolute atomic E-state index is 0.243. The van der Waals surface area contributed by atoms with Crippen molar-refractivity contribution in [3.05, 3.63) is 22.4 Å². The van der Waals surface area contributed by atoms with Gasteiger partial charge in [-0.2, -0.15) is 0 Å². The molecule has 0 bridgehead atoms. The molecule has 104 valence electrons. The summed E-state index contributed by atoms with van der Waals surface area (Å²) < 4.78 is 0. The van der Waals surface area contributed by atoms with E-state index in [1.165, 1.54) is 30.6 Å². The Balaban J connectivity index is 1.69. The van der Waals surface area contributed by atoms with E-state index in [0.29, 0.717) is 12.0 Å². The third-order valence-corrected chi connectivity index (χ3v) is 5.64. The number of carboxylic acids is 1. The lowest BCUT2D eigenvalue weighted by Crippen LogP contribution is -2.43. The fourth-order valence-electron chi connectivity index (χ4n) is 3.81. The number of hydrogen-bond acceptors (Lipinski definition) is 3. The lowest BCUT2D eigenvalue weighted by atomic mass is 9.85. The van der Waals surface area contributed by atoms with E-state index in [-0.39, 0.29) is 6.04 Å². The number of thiophene rings is 1.